The molecule has 1 amide bonds. The smallest absolute Gasteiger partial charge is 0.236 e. The number of amides is 1. The van der Waals surface area contributed by atoms with E-state index in [9.17, 15) is 4.79 Å². The number of aliphatic imine (C=N–C) groups is 1. The van der Waals surface area contributed by atoms with Crippen LogP contribution in [-0.2, 0) is 9.53 Å². The third-order valence-corrected chi connectivity index (χ3v) is 5.51. The number of morpholine rings is 1. The van der Waals surface area contributed by atoms with E-state index >= 15 is 0 Å². The van der Waals surface area contributed by atoms with Crippen molar-refractivity contribution in [1.82, 2.24) is 20.0 Å². The molecule has 8 nitrogen and oxygen atoms in total. The van der Waals surface area contributed by atoms with E-state index in [1.807, 2.05) is 24.1 Å². The van der Waals surface area contributed by atoms with Crippen LogP contribution < -0.4 is 10.1 Å². The van der Waals surface area contributed by atoms with E-state index in [-0.39, 0.29) is 12.0 Å². The number of nitrogens with one attached hydrogen (secondary N) is 1. The fourth-order valence-electron chi connectivity index (χ4n) is 3.68. The van der Waals surface area contributed by atoms with Gasteiger partial charge in [-0.1, -0.05) is 17.7 Å². The zero-order valence-electron chi connectivity index (χ0n) is 18.5. The van der Waals surface area contributed by atoms with E-state index in [1.54, 1.807) is 0 Å². The molecule has 166 valence electrons. The first-order valence-electron chi connectivity index (χ1n) is 10.8. The number of carbonyl (C=O) groups excluding carboxylic acids is 1. The first kappa shape index (κ1) is 22.4. The van der Waals surface area contributed by atoms with Gasteiger partial charge < -0.3 is 24.6 Å². The predicted molar refractivity (Wildman–Crippen MR) is 118 cm³/mol. The van der Waals surface area contributed by atoms with E-state index in [4.69, 9.17) is 9.47 Å². The van der Waals surface area contributed by atoms with Crippen LogP contribution in [0.1, 0.15) is 12.5 Å². The molecule has 2 aliphatic rings. The van der Waals surface area contributed by atoms with Crippen LogP contribution >= 0.6 is 0 Å². The van der Waals surface area contributed by atoms with Crippen molar-refractivity contribution >= 4 is 11.9 Å². The number of rotatable bonds is 6. The van der Waals surface area contributed by atoms with Gasteiger partial charge in [-0.05, 0) is 26.0 Å². The molecule has 30 heavy (non-hydrogen) atoms. The van der Waals surface area contributed by atoms with Gasteiger partial charge in [0.2, 0.25) is 5.91 Å². The lowest BCUT2D eigenvalue weighted by Gasteiger charge is -2.37. The van der Waals surface area contributed by atoms with Gasteiger partial charge in [-0.25, -0.2) is 0 Å². The number of ether oxygens (including phenoxy) is 2. The van der Waals surface area contributed by atoms with Crippen molar-refractivity contribution in [3.05, 3.63) is 29.8 Å². The van der Waals surface area contributed by atoms with Gasteiger partial charge in [0, 0.05) is 46.3 Å². The molecule has 0 saturated carbocycles. The molecular formula is C22H35N5O3. The lowest BCUT2D eigenvalue weighted by atomic mass is 10.2. The molecular weight excluding hydrogens is 382 g/mol. The Morgan fingerprint density at radius 3 is 2.40 bits per heavy atom. The Morgan fingerprint density at radius 1 is 1.10 bits per heavy atom. The zero-order chi connectivity index (χ0) is 21.3. The quantitative estimate of drug-likeness (QED) is 0.546. The number of piperazine rings is 1. The highest BCUT2D eigenvalue weighted by Crippen LogP contribution is 2.13. The molecule has 1 N–H and O–H groups in total. The third kappa shape index (κ3) is 6.60. The molecule has 8 heteroatoms. The van der Waals surface area contributed by atoms with Gasteiger partial charge in [0.1, 0.15) is 11.9 Å². The molecule has 0 radical (unpaired) electrons. The van der Waals surface area contributed by atoms with Gasteiger partial charge >= 0.3 is 0 Å². The first-order valence-corrected chi connectivity index (χ1v) is 10.8. The molecule has 0 spiro atoms. The maximum Gasteiger partial charge on any atom is 0.236 e. The van der Waals surface area contributed by atoms with Crippen molar-refractivity contribution < 1.29 is 14.3 Å². The summed E-state index contributed by atoms with van der Waals surface area (Å²) < 4.78 is 11.3. The Labute approximate surface area is 179 Å². The Morgan fingerprint density at radius 2 is 1.77 bits per heavy atom. The van der Waals surface area contributed by atoms with Crippen molar-refractivity contribution in [2.24, 2.45) is 4.99 Å². The monoisotopic (exact) mass is 417 g/mol. The average Bonchev–Trinajstić information content (AvgIpc) is 2.77. The third-order valence-electron chi connectivity index (χ3n) is 5.51. The van der Waals surface area contributed by atoms with Crippen LogP contribution in [-0.4, -0.2) is 105 Å². The van der Waals surface area contributed by atoms with Gasteiger partial charge in [0.25, 0.3) is 0 Å². The topological polar surface area (TPSA) is 69.6 Å². The van der Waals surface area contributed by atoms with Crippen molar-refractivity contribution in [2.45, 2.75) is 20.0 Å². The number of benzene rings is 1. The maximum atomic E-state index is 12.4. The molecule has 2 heterocycles. The van der Waals surface area contributed by atoms with Gasteiger partial charge in [0.15, 0.2) is 5.96 Å². The van der Waals surface area contributed by atoms with Crippen LogP contribution in [0.15, 0.2) is 29.3 Å². The van der Waals surface area contributed by atoms with Gasteiger partial charge in [-0.3, -0.25) is 14.7 Å². The summed E-state index contributed by atoms with van der Waals surface area (Å²) in [5.41, 5.74) is 1.22. The molecule has 1 aromatic carbocycles. The Hall–Kier alpha value is -2.32. The molecule has 1 aromatic rings. The molecule has 0 bridgehead atoms. The lowest BCUT2D eigenvalue weighted by molar-refractivity contribution is -0.136. The van der Waals surface area contributed by atoms with E-state index in [0.717, 1.165) is 37.9 Å². The molecule has 2 fully saturated rings. The van der Waals surface area contributed by atoms with E-state index in [1.165, 1.54) is 5.56 Å². The molecule has 1 atom stereocenters. The number of hydrogen-bond acceptors (Lipinski definition) is 5. The summed E-state index contributed by atoms with van der Waals surface area (Å²) in [6, 6.07) is 8.10. The van der Waals surface area contributed by atoms with Gasteiger partial charge in [-0.2, -0.15) is 0 Å². The number of guanidine groups is 1. The first-order chi connectivity index (χ1) is 14.5. The fourth-order valence-corrected chi connectivity index (χ4v) is 3.68. The van der Waals surface area contributed by atoms with Crippen molar-refractivity contribution in [1.29, 1.82) is 0 Å². The van der Waals surface area contributed by atoms with Gasteiger partial charge in [-0.15, -0.1) is 0 Å². The van der Waals surface area contributed by atoms with Crippen LogP contribution in [0.25, 0.3) is 0 Å². The highest BCUT2D eigenvalue weighted by molar-refractivity contribution is 5.80. The average molecular weight is 418 g/mol. The molecule has 0 aliphatic carbocycles. The second kappa shape index (κ2) is 11.2. The summed E-state index contributed by atoms with van der Waals surface area (Å²) in [7, 11) is 1.81. The Kier molecular flexibility index (Phi) is 8.33. The van der Waals surface area contributed by atoms with E-state index in [2.05, 4.69) is 46.1 Å². The normalized spacial score (nSPS) is 19.5. The van der Waals surface area contributed by atoms with Gasteiger partial charge in [0.05, 0.1) is 26.3 Å². The van der Waals surface area contributed by atoms with Crippen LogP contribution in [0.2, 0.25) is 0 Å². The highest BCUT2D eigenvalue weighted by Gasteiger charge is 2.24. The number of hydrogen-bond donors (Lipinski definition) is 1. The number of aryl methyl sites for hydroxylation is 1. The van der Waals surface area contributed by atoms with Crippen molar-refractivity contribution in [2.75, 3.05) is 72.6 Å². The summed E-state index contributed by atoms with van der Waals surface area (Å²) in [5, 5.41) is 3.42. The number of carbonyl (C=O) groups is 1. The second-order valence-electron chi connectivity index (χ2n) is 7.93. The molecule has 1 unspecified atom stereocenters. The minimum Gasteiger partial charge on any atom is -0.489 e. The zero-order valence-corrected chi connectivity index (χ0v) is 18.5. The maximum absolute atomic E-state index is 12.4. The summed E-state index contributed by atoms with van der Waals surface area (Å²) >= 11 is 0. The second-order valence-corrected chi connectivity index (χ2v) is 7.93. The number of nitrogens with zero attached hydrogens (tertiary/aromatic N) is 4. The fraction of sp³-hybridized carbons (Fsp3) is 0.636. The lowest BCUT2D eigenvalue weighted by Crippen LogP contribution is -2.55. The summed E-state index contributed by atoms with van der Waals surface area (Å²) in [4.78, 5) is 23.3. The molecule has 2 aliphatic heterocycles. The molecule has 2 saturated heterocycles. The standard InChI is InChI=1S/C22H35N5O3/c1-18-4-6-20(7-5-18)30-19(2)16-24-22(23-3)27-10-8-25(9-11-27)17-21(28)26-12-14-29-15-13-26/h4-7,19H,8-17H2,1-3H3,(H,23,24). The van der Waals surface area contributed by atoms with Crippen molar-refractivity contribution in [3.63, 3.8) is 0 Å². The van der Waals surface area contributed by atoms with Crippen LogP contribution in [0.3, 0.4) is 0 Å². The van der Waals surface area contributed by atoms with Crippen molar-refractivity contribution in [3.8, 4) is 5.75 Å². The van der Waals surface area contributed by atoms with Crippen LogP contribution in [0.5, 0.6) is 5.75 Å². The minimum absolute atomic E-state index is 0.0249. The van der Waals surface area contributed by atoms with E-state index < -0.39 is 0 Å². The Bertz CT molecular complexity index is 695. The predicted octanol–water partition coefficient (Wildman–Crippen LogP) is 0.814. The summed E-state index contributed by atoms with van der Waals surface area (Å²) in [6.45, 7) is 11.4. The molecule has 3 rings (SSSR count). The summed E-state index contributed by atoms with van der Waals surface area (Å²) in [6.07, 6.45) is 0.0249. The van der Waals surface area contributed by atoms with Crippen LogP contribution in [0, 0.1) is 6.92 Å². The SMILES string of the molecule is CN=C(NCC(C)Oc1ccc(C)cc1)N1CCN(CC(=O)N2CCOCC2)CC1. The Balaban J connectivity index is 1.38. The molecule has 0 aromatic heterocycles. The van der Waals surface area contributed by atoms with Crippen LogP contribution in [0.4, 0.5) is 0 Å². The largest absolute Gasteiger partial charge is 0.489 e. The summed E-state index contributed by atoms with van der Waals surface area (Å²) in [5.74, 6) is 1.97. The minimum atomic E-state index is 0.0249. The highest BCUT2D eigenvalue weighted by atomic mass is 16.5. The van der Waals surface area contributed by atoms with E-state index in [0.29, 0.717) is 39.4 Å².